The van der Waals surface area contributed by atoms with Crippen molar-refractivity contribution >= 4 is 10.9 Å². The molecular formula is C14H19FN2. The Kier molecular flexibility index (Phi) is 3.79. The molecule has 1 aromatic heterocycles. The third kappa shape index (κ3) is 3.07. The SMILES string of the molecule is CCCN(C)CCc1ccc2cc(F)[nH]c2c1. The molecule has 17 heavy (non-hydrogen) atoms. The van der Waals surface area contributed by atoms with Gasteiger partial charge in [-0.1, -0.05) is 19.1 Å². The molecule has 2 rings (SSSR count). The van der Waals surface area contributed by atoms with E-state index in [9.17, 15) is 4.39 Å². The van der Waals surface area contributed by atoms with E-state index in [0.717, 1.165) is 30.4 Å². The summed E-state index contributed by atoms with van der Waals surface area (Å²) >= 11 is 0. The molecule has 1 heterocycles. The van der Waals surface area contributed by atoms with Crippen LogP contribution in [0.4, 0.5) is 4.39 Å². The van der Waals surface area contributed by atoms with Crippen LogP contribution in [0.1, 0.15) is 18.9 Å². The Morgan fingerprint density at radius 1 is 1.24 bits per heavy atom. The van der Waals surface area contributed by atoms with Gasteiger partial charge in [0.25, 0.3) is 0 Å². The second-order valence-electron chi connectivity index (χ2n) is 4.59. The van der Waals surface area contributed by atoms with Crippen LogP contribution < -0.4 is 0 Å². The first-order chi connectivity index (χ1) is 8.19. The van der Waals surface area contributed by atoms with Gasteiger partial charge in [0, 0.05) is 23.5 Å². The average Bonchev–Trinajstić information content (AvgIpc) is 2.66. The normalized spacial score (nSPS) is 11.5. The Balaban J connectivity index is 2.03. The highest BCUT2D eigenvalue weighted by Crippen LogP contribution is 2.16. The molecule has 3 heteroatoms. The average molecular weight is 234 g/mol. The van der Waals surface area contributed by atoms with E-state index in [2.05, 4.69) is 29.9 Å². The Morgan fingerprint density at radius 3 is 2.82 bits per heavy atom. The van der Waals surface area contributed by atoms with Crippen LogP contribution in [0.5, 0.6) is 0 Å². The van der Waals surface area contributed by atoms with E-state index >= 15 is 0 Å². The van der Waals surface area contributed by atoms with Gasteiger partial charge in [0.2, 0.25) is 0 Å². The van der Waals surface area contributed by atoms with Gasteiger partial charge in [0.15, 0.2) is 5.95 Å². The number of hydrogen-bond donors (Lipinski definition) is 1. The van der Waals surface area contributed by atoms with E-state index in [1.165, 1.54) is 18.1 Å². The molecular weight excluding hydrogens is 215 g/mol. The topological polar surface area (TPSA) is 19.0 Å². The summed E-state index contributed by atoms with van der Waals surface area (Å²) in [7, 11) is 2.14. The number of aromatic amines is 1. The predicted molar refractivity (Wildman–Crippen MR) is 69.7 cm³/mol. The zero-order chi connectivity index (χ0) is 12.3. The summed E-state index contributed by atoms with van der Waals surface area (Å²) in [5.41, 5.74) is 2.14. The fraction of sp³-hybridized carbons (Fsp3) is 0.429. The van der Waals surface area contributed by atoms with Crippen LogP contribution in [0, 0.1) is 5.95 Å². The van der Waals surface area contributed by atoms with Crippen LogP contribution in [0.3, 0.4) is 0 Å². The number of rotatable bonds is 5. The van der Waals surface area contributed by atoms with Gasteiger partial charge in [0.05, 0.1) is 0 Å². The van der Waals surface area contributed by atoms with Crippen molar-refractivity contribution in [1.29, 1.82) is 0 Å². The number of fused-ring (bicyclic) bond motifs is 1. The molecule has 0 aliphatic rings. The molecule has 0 atom stereocenters. The van der Waals surface area contributed by atoms with Crippen LogP contribution >= 0.6 is 0 Å². The van der Waals surface area contributed by atoms with Crippen molar-refractivity contribution in [1.82, 2.24) is 9.88 Å². The maximum atomic E-state index is 13.0. The minimum atomic E-state index is -0.264. The van der Waals surface area contributed by atoms with E-state index in [0.29, 0.717) is 0 Å². The summed E-state index contributed by atoms with van der Waals surface area (Å²) in [6, 6.07) is 7.62. The molecule has 0 bridgehead atoms. The van der Waals surface area contributed by atoms with Crippen molar-refractivity contribution in [3.63, 3.8) is 0 Å². The van der Waals surface area contributed by atoms with Crippen molar-refractivity contribution in [3.8, 4) is 0 Å². The molecule has 0 saturated carbocycles. The zero-order valence-corrected chi connectivity index (χ0v) is 10.5. The summed E-state index contributed by atoms with van der Waals surface area (Å²) < 4.78 is 13.0. The Morgan fingerprint density at radius 2 is 2.06 bits per heavy atom. The van der Waals surface area contributed by atoms with Gasteiger partial charge >= 0.3 is 0 Å². The number of hydrogen-bond acceptors (Lipinski definition) is 1. The predicted octanol–water partition coefficient (Wildman–Crippen LogP) is 3.19. The van der Waals surface area contributed by atoms with Gasteiger partial charge in [-0.25, -0.2) is 0 Å². The largest absolute Gasteiger partial charge is 0.331 e. The Labute approximate surface area is 101 Å². The molecule has 1 N–H and O–H groups in total. The van der Waals surface area contributed by atoms with Crippen molar-refractivity contribution in [3.05, 3.63) is 35.8 Å². The summed E-state index contributed by atoms with van der Waals surface area (Å²) in [5.74, 6) is -0.264. The third-order valence-corrected chi connectivity index (χ3v) is 3.04. The van der Waals surface area contributed by atoms with Gasteiger partial charge in [-0.05, 0) is 38.1 Å². The van der Waals surface area contributed by atoms with Gasteiger partial charge in [-0.2, -0.15) is 4.39 Å². The van der Waals surface area contributed by atoms with E-state index < -0.39 is 0 Å². The lowest BCUT2D eigenvalue weighted by Crippen LogP contribution is -2.21. The molecule has 92 valence electrons. The lowest BCUT2D eigenvalue weighted by atomic mass is 10.1. The van der Waals surface area contributed by atoms with E-state index in [4.69, 9.17) is 0 Å². The number of H-pyrrole nitrogens is 1. The summed E-state index contributed by atoms with van der Waals surface area (Å²) in [6.07, 6.45) is 2.18. The minimum Gasteiger partial charge on any atom is -0.331 e. The van der Waals surface area contributed by atoms with Crippen LogP contribution in [-0.4, -0.2) is 30.0 Å². The number of nitrogens with one attached hydrogen (secondary N) is 1. The van der Waals surface area contributed by atoms with E-state index in [1.54, 1.807) is 0 Å². The maximum Gasteiger partial charge on any atom is 0.192 e. The summed E-state index contributed by atoms with van der Waals surface area (Å²) in [6.45, 7) is 4.35. The molecule has 0 amide bonds. The Hall–Kier alpha value is -1.35. The van der Waals surface area contributed by atoms with Gasteiger partial charge in [-0.3, -0.25) is 0 Å². The van der Waals surface area contributed by atoms with Crippen LogP contribution in [-0.2, 0) is 6.42 Å². The van der Waals surface area contributed by atoms with Crippen LogP contribution in [0.2, 0.25) is 0 Å². The van der Waals surface area contributed by atoms with Crippen LogP contribution in [0.25, 0.3) is 10.9 Å². The van der Waals surface area contributed by atoms with Gasteiger partial charge < -0.3 is 9.88 Å². The summed E-state index contributed by atoms with van der Waals surface area (Å²) in [5, 5.41) is 0.938. The first-order valence-electron chi connectivity index (χ1n) is 6.14. The number of nitrogens with zero attached hydrogens (tertiary/aromatic N) is 1. The second-order valence-corrected chi connectivity index (χ2v) is 4.59. The first kappa shape index (κ1) is 12.1. The lowest BCUT2D eigenvalue weighted by Gasteiger charge is -2.15. The van der Waals surface area contributed by atoms with E-state index in [-0.39, 0.29) is 5.95 Å². The minimum absolute atomic E-state index is 0.264. The molecule has 0 unspecified atom stereocenters. The van der Waals surface area contributed by atoms with Crippen molar-refractivity contribution in [2.24, 2.45) is 0 Å². The van der Waals surface area contributed by atoms with Gasteiger partial charge in [0.1, 0.15) is 0 Å². The molecule has 0 aliphatic heterocycles. The molecule has 2 nitrogen and oxygen atoms in total. The molecule has 2 aromatic rings. The highest BCUT2D eigenvalue weighted by molar-refractivity contribution is 5.80. The maximum absolute atomic E-state index is 13.0. The fourth-order valence-electron chi connectivity index (χ4n) is 2.11. The van der Waals surface area contributed by atoms with Crippen molar-refractivity contribution < 1.29 is 4.39 Å². The lowest BCUT2D eigenvalue weighted by molar-refractivity contribution is 0.339. The molecule has 0 radical (unpaired) electrons. The van der Waals surface area contributed by atoms with Crippen molar-refractivity contribution in [2.45, 2.75) is 19.8 Å². The van der Waals surface area contributed by atoms with Crippen molar-refractivity contribution in [2.75, 3.05) is 20.1 Å². The Bertz CT molecular complexity index is 490. The molecule has 0 fully saturated rings. The zero-order valence-electron chi connectivity index (χ0n) is 10.5. The molecule has 0 aliphatic carbocycles. The third-order valence-electron chi connectivity index (χ3n) is 3.04. The van der Waals surface area contributed by atoms with E-state index in [1.807, 2.05) is 12.1 Å². The molecule has 1 aromatic carbocycles. The number of likely N-dealkylation sites (N-methyl/N-ethyl adjacent to an activating group) is 1. The highest BCUT2D eigenvalue weighted by Gasteiger charge is 2.02. The molecule has 0 spiro atoms. The summed E-state index contributed by atoms with van der Waals surface area (Å²) in [4.78, 5) is 5.05. The number of aromatic nitrogens is 1. The highest BCUT2D eigenvalue weighted by atomic mass is 19.1. The number of benzene rings is 1. The first-order valence-corrected chi connectivity index (χ1v) is 6.14. The number of halogens is 1. The fourth-order valence-corrected chi connectivity index (χ4v) is 2.11. The quantitative estimate of drug-likeness (QED) is 0.841. The monoisotopic (exact) mass is 234 g/mol. The standard InChI is InChI=1S/C14H19FN2/c1-3-7-17(2)8-6-11-4-5-12-10-14(15)16-13(12)9-11/h4-5,9-10,16H,3,6-8H2,1-2H3. The van der Waals surface area contributed by atoms with Gasteiger partial charge in [-0.15, -0.1) is 0 Å². The molecule has 0 saturated heterocycles. The smallest absolute Gasteiger partial charge is 0.192 e. The van der Waals surface area contributed by atoms with Crippen LogP contribution in [0.15, 0.2) is 24.3 Å². The second kappa shape index (κ2) is 5.32.